The first kappa shape index (κ1) is 12.6. The summed E-state index contributed by atoms with van der Waals surface area (Å²) >= 11 is 0. The van der Waals surface area contributed by atoms with Gasteiger partial charge >= 0.3 is 0 Å². The van der Waals surface area contributed by atoms with Gasteiger partial charge in [0.25, 0.3) is 0 Å². The first-order valence-electron chi connectivity index (χ1n) is 5.68. The lowest BCUT2D eigenvalue weighted by atomic mass is 10.3. The van der Waals surface area contributed by atoms with Crippen LogP contribution in [0.25, 0.3) is 0 Å². The quantitative estimate of drug-likeness (QED) is 0.874. The Hall–Kier alpha value is -0.850. The van der Waals surface area contributed by atoms with Gasteiger partial charge < -0.3 is 9.73 Å². The van der Waals surface area contributed by atoms with Gasteiger partial charge in [0.15, 0.2) is 0 Å². The Labute approximate surface area is 102 Å². The van der Waals surface area contributed by atoms with Crippen LogP contribution in [-0.4, -0.2) is 38.9 Å². The van der Waals surface area contributed by atoms with Gasteiger partial charge in [0.2, 0.25) is 10.0 Å². The van der Waals surface area contributed by atoms with Gasteiger partial charge in [-0.3, -0.25) is 0 Å². The van der Waals surface area contributed by atoms with Gasteiger partial charge in [0.05, 0.1) is 0 Å². The first-order valence-corrected chi connectivity index (χ1v) is 7.12. The molecule has 2 rings (SSSR count). The highest BCUT2D eigenvalue weighted by atomic mass is 32.2. The number of rotatable bonds is 3. The summed E-state index contributed by atoms with van der Waals surface area (Å²) in [7, 11) is -1.80. The van der Waals surface area contributed by atoms with Gasteiger partial charge in [-0.2, -0.15) is 4.31 Å². The average molecular weight is 258 g/mol. The van der Waals surface area contributed by atoms with E-state index in [1.807, 2.05) is 0 Å². The van der Waals surface area contributed by atoms with Gasteiger partial charge in [-0.15, -0.1) is 0 Å². The molecule has 17 heavy (non-hydrogen) atoms. The minimum atomic E-state index is -3.43. The molecule has 0 aliphatic carbocycles. The molecule has 0 aromatic carbocycles. The Morgan fingerprint density at radius 2 is 2.18 bits per heavy atom. The van der Waals surface area contributed by atoms with E-state index in [4.69, 9.17) is 4.42 Å². The van der Waals surface area contributed by atoms with Crippen molar-refractivity contribution in [2.45, 2.75) is 31.2 Å². The smallest absolute Gasteiger partial charge is 0.246 e. The van der Waals surface area contributed by atoms with Gasteiger partial charge in [0, 0.05) is 19.6 Å². The van der Waals surface area contributed by atoms with E-state index in [1.165, 1.54) is 4.31 Å². The molecule has 1 aliphatic heterocycles. The summed E-state index contributed by atoms with van der Waals surface area (Å²) in [6.07, 6.45) is 0.853. The van der Waals surface area contributed by atoms with Crippen molar-refractivity contribution in [2.24, 2.45) is 0 Å². The van der Waals surface area contributed by atoms with E-state index in [9.17, 15) is 8.42 Å². The molecule has 1 atom stereocenters. The number of hydrogen-bond acceptors (Lipinski definition) is 4. The number of hydrogen-bond donors (Lipinski definition) is 1. The molecular weight excluding hydrogens is 240 g/mol. The van der Waals surface area contributed by atoms with Crippen molar-refractivity contribution < 1.29 is 12.8 Å². The maximum Gasteiger partial charge on any atom is 0.246 e. The zero-order chi connectivity index (χ0) is 12.6. The lowest BCUT2D eigenvalue weighted by molar-refractivity contribution is 0.386. The Balaban J connectivity index is 2.32. The molecule has 5 nitrogen and oxygen atoms in total. The molecule has 1 aromatic rings. The molecule has 0 radical (unpaired) electrons. The molecule has 0 saturated carbocycles. The Morgan fingerprint density at radius 1 is 1.47 bits per heavy atom. The van der Waals surface area contributed by atoms with E-state index in [-0.39, 0.29) is 10.9 Å². The summed E-state index contributed by atoms with van der Waals surface area (Å²) in [6, 6.07) is 1.62. The van der Waals surface area contributed by atoms with Crippen molar-refractivity contribution in [3.05, 3.63) is 17.6 Å². The third kappa shape index (κ3) is 2.25. The lowest BCUT2D eigenvalue weighted by Gasteiger charge is -2.22. The summed E-state index contributed by atoms with van der Waals surface area (Å²) in [4.78, 5) is 0.282. The second-order valence-electron chi connectivity index (χ2n) is 4.45. The first-order chi connectivity index (χ1) is 7.93. The monoisotopic (exact) mass is 258 g/mol. The molecule has 1 aliphatic rings. The summed E-state index contributed by atoms with van der Waals surface area (Å²) in [5.74, 6) is 1.08. The molecule has 1 N–H and O–H groups in total. The molecule has 1 aromatic heterocycles. The summed E-state index contributed by atoms with van der Waals surface area (Å²) < 4.78 is 31.5. The normalized spacial score (nSPS) is 21.3. The van der Waals surface area contributed by atoms with Crippen LogP contribution in [0.2, 0.25) is 0 Å². The number of nitrogens with one attached hydrogen (secondary N) is 1. The number of sulfonamides is 1. The standard InChI is InChI=1S/C11H18N2O3S/c1-8-6-11(9(2)16-8)17(14,15)13(3)10-4-5-12-7-10/h6,10,12H,4-5,7H2,1-3H3. The van der Waals surface area contributed by atoms with E-state index in [1.54, 1.807) is 27.0 Å². The molecule has 0 bridgehead atoms. The molecule has 0 amide bonds. The van der Waals surface area contributed by atoms with Crippen LogP contribution in [0.5, 0.6) is 0 Å². The lowest BCUT2D eigenvalue weighted by Crippen LogP contribution is -2.38. The maximum atomic E-state index is 12.4. The zero-order valence-electron chi connectivity index (χ0n) is 10.4. The van der Waals surface area contributed by atoms with E-state index in [0.29, 0.717) is 18.1 Å². The van der Waals surface area contributed by atoms with E-state index >= 15 is 0 Å². The summed E-state index contributed by atoms with van der Waals surface area (Å²) in [5, 5.41) is 3.17. The van der Waals surface area contributed by atoms with Crippen LogP contribution in [-0.2, 0) is 10.0 Å². The molecule has 2 heterocycles. The van der Waals surface area contributed by atoms with Crippen LogP contribution in [0.3, 0.4) is 0 Å². The fourth-order valence-corrected chi connectivity index (χ4v) is 3.77. The van der Waals surface area contributed by atoms with Crippen LogP contribution in [0, 0.1) is 13.8 Å². The Kier molecular flexibility index (Phi) is 3.29. The van der Waals surface area contributed by atoms with Gasteiger partial charge in [0.1, 0.15) is 16.4 Å². The maximum absolute atomic E-state index is 12.4. The van der Waals surface area contributed by atoms with Crippen molar-refractivity contribution in [1.82, 2.24) is 9.62 Å². The van der Waals surface area contributed by atoms with E-state index in [2.05, 4.69) is 5.32 Å². The third-order valence-corrected chi connectivity index (χ3v) is 5.22. The molecular formula is C11H18N2O3S. The highest BCUT2D eigenvalue weighted by molar-refractivity contribution is 7.89. The zero-order valence-corrected chi connectivity index (χ0v) is 11.2. The SMILES string of the molecule is Cc1cc(S(=O)(=O)N(C)C2CCNC2)c(C)o1. The van der Waals surface area contributed by atoms with Crippen LogP contribution in [0.15, 0.2) is 15.4 Å². The number of furan rings is 1. The highest BCUT2D eigenvalue weighted by Crippen LogP contribution is 2.24. The Morgan fingerprint density at radius 3 is 2.65 bits per heavy atom. The minimum Gasteiger partial charge on any atom is -0.465 e. The molecule has 1 fully saturated rings. The molecule has 1 saturated heterocycles. The van der Waals surface area contributed by atoms with E-state index < -0.39 is 10.0 Å². The summed E-state index contributed by atoms with van der Waals surface area (Å²) in [5.41, 5.74) is 0. The van der Waals surface area contributed by atoms with Gasteiger partial charge in [-0.05, 0) is 32.9 Å². The molecule has 0 spiro atoms. The molecule has 1 unspecified atom stereocenters. The number of nitrogens with zero attached hydrogens (tertiary/aromatic N) is 1. The van der Waals surface area contributed by atoms with Crippen LogP contribution in [0.4, 0.5) is 0 Å². The average Bonchev–Trinajstić information content (AvgIpc) is 2.86. The largest absolute Gasteiger partial charge is 0.465 e. The molecule has 96 valence electrons. The fourth-order valence-electron chi connectivity index (χ4n) is 2.16. The highest BCUT2D eigenvalue weighted by Gasteiger charge is 2.32. The predicted octanol–water partition coefficient (Wildman–Crippen LogP) is 0.879. The van der Waals surface area contributed by atoms with Crippen molar-refractivity contribution in [3.63, 3.8) is 0 Å². The topological polar surface area (TPSA) is 62.6 Å². The van der Waals surface area contributed by atoms with Crippen molar-refractivity contribution in [1.29, 1.82) is 0 Å². The molecule has 6 heteroatoms. The summed E-state index contributed by atoms with van der Waals surface area (Å²) in [6.45, 7) is 5.02. The van der Waals surface area contributed by atoms with Crippen LogP contribution >= 0.6 is 0 Å². The minimum absolute atomic E-state index is 0.0367. The van der Waals surface area contributed by atoms with E-state index in [0.717, 1.165) is 13.0 Å². The second-order valence-corrected chi connectivity index (χ2v) is 6.41. The third-order valence-electron chi connectivity index (χ3n) is 3.20. The second kappa shape index (κ2) is 4.44. The van der Waals surface area contributed by atoms with Crippen LogP contribution in [0.1, 0.15) is 17.9 Å². The van der Waals surface area contributed by atoms with Crippen molar-refractivity contribution in [3.8, 4) is 0 Å². The number of likely N-dealkylation sites (N-methyl/N-ethyl adjacent to an activating group) is 1. The van der Waals surface area contributed by atoms with Gasteiger partial charge in [-0.25, -0.2) is 8.42 Å². The fraction of sp³-hybridized carbons (Fsp3) is 0.636. The van der Waals surface area contributed by atoms with Crippen molar-refractivity contribution in [2.75, 3.05) is 20.1 Å². The van der Waals surface area contributed by atoms with Crippen molar-refractivity contribution >= 4 is 10.0 Å². The number of aryl methyl sites for hydroxylation is 2. The van der Waals surface area contributed by atoms with Crippen LogP contribution < -0.4 is 5.32 Å². The van der Waals surface area contributed by atoms with Gasteiger partial charge in [-0.1, -0.05) is 0 Å². The predicted molar refractivity (Wildman–Crippen MR) is 64.4 cm³/mol. The Bertz CT molecular complexity index is 501.